The molecule has 2 aliphatic rings. The van der Waals surface area contributed by atoms with E-state index in [-0.39, 0.29) is 24.2 Å². The highest BCUT2D eigenvalue weighted by Gasteiger charge is 2.29. The molecule has 2 aromatic heterocycles. The number of nitrogens with zero attached hydrogens (tertiary/aromatic N) is 7. The smallest absolute Gasteiger partial charge is 0.247 e. The molecule has 11 nitrogen and oxygen atoms in total. The predicted octanol–water partition coefficient (Wildman–Crippen LogP) is 3.51. The van der Waals surface area contributed by atoms with E-state index in [0.29, 0.717) is 52.6 Å². The normalized spacial score (nSPS) is 17.1. The number of alkyl halides is 1. The van der Waals surface area contributed by atoms with Crippen LogP contribution in [0.1, 0.15) is 50.8 Å². The Morgan fingerprint density at radius 1 is 1.18 bits per heavy atom. The number of nitriles is 2. The number of aliphatic hydroxyl groups is 1. The lowest BCUT2D eigenvalue weighted by molar-refractivity contribution is -0.00359. The summed E-state index contributed by atoms with van der Waals surface area (Å²) >= 11 is 6.85. The largest absolute Gasteiger partial charge is 0.387 e. The second kappa shape index (κ2) is 10.8. The summed E-state index contributed by atoms with van der Waals surface area (Å²) in [5, 5.41) is 43.6. The van der Waals surface area contributed by atoms with Crippen LogP contribution in [0.25, 0.3) is 5.65 Å². The maximum Gasteiger partial charge on any atom is 0.247 e. The van der Waals surface area contributed by atoms with Gasteiger partial charge in [-0.1, -0.05) is 11.6 Å². The average Bonchev–Trinajstić information content (AvgIpc) is 3.64. The Balaban J connectivity index is 1.36. The van der Waals surface area contributed by atoms with Crippen molar-refractivity contribution >= 4 is 40.4 Å². The topological polar surface area (TPSA) is 150 Å². The molecule has 0 amide bonds. The van der Waals surface area contributed by atoms with E-state index in [1.165, 1.54) is 24.6 Å². The third-order valence-electron chi connectivity index (χ3n) is 7.01. The minimum atomic E-state index is -1.39. The predicted molar refractivity (Wildman–Crippen MR) is 146 cm³/mol. The van der Waals surface area contributed by atoms with E-state index in [0.717, 1.165) is 25.7 Å². The number of rotatable bonds is 9. The quantitative estimate of drug-likeness (QED) is 0.310. The highest BCUT2D eigenvalue weighted by atomic mass is 35.5. The summed E-state index contributed by atoms with van der Waals surface area (Å²) in [6.45, 7) is 4.32. The van der Waals surface area contributed by atoms with Gasteiger partial charge in [0.2, 0.25) is 5.95 Å². The minimum absolute atomic E-state index is 0.0826. The monoisotopic (exact) mass is 552 g/mol. The molecule has 0 spiro atoms. The fraction of sp³-hybridized carbons (Fsp3) is 0.500. The minimum Gasteiger partial charge on any atom is -0.387 e. The van der Waals surface area contributed by atoms with Gasteiger partial charge in [0.1, 0.15) is 12.2 Å². The molecule has 3 heterocycles. The molecule has 5 rings (SSSR count). The van der Waals surface area contributed by atoms with Gasteiger partial charge < -0.3 is 26.0 Å². The zero-order valence-electron chi connectivity index (χ0n) is 21.7. The van der Waals surface area contributed by atoms with Crippen LogP contribution < -0.4 is 20.9 Å². The van der Waals surface area contributed by atoms with Crippen molar-refractivity contribution in [3.63, 3.8) is 0 Å². The molecule has 1 saturated heterocycles. The van der Waals surface area contributed by atoms with Gasteiger partial charge in [-0.25, -0.2) is 9.37 Å². The van der Waals surface area contributed by atoms with Crippen LogP contribution in [0.2, 0.25) is 5.02 Å². The molecule has 13 heteroatoms. The van der Waals surface area contributed by atoms with Crippen LogP contribution in [-0.4, -0.2) is 68.2 Å². The van der Waals surface area contributed by atoms with Crippen LogP contribution in [0, 0.1) is 22.7 Å². The Morgan fingerprint density at radius 2 is 1.92 bits per heavy atom. The van der Waals surface area contributed by atoms with Gasteiger partial charge in [-0.15, -0.1) is 5.10 Å². The number of benzene rings is 1. The zero-order chi connectivity index (χ0) is 27.7. The molecular formula is C26H30ClFN10O. The van der Waals surface area contributed by atoms with Crippen LogP contribution in [0.15, 0.2) is 18.3 Å². The average molecular weight is 553 g/mol. The van der Waals surface area contributed by atoms with E-state index in [1.807, 2.05) is 0 Å². The number of fused-ring (bicyclic) bond motifs is 1. The second-order valence-corrected chi connectivity index (χ2v) is 11.0. The Labute approximate surface area is 230 Å². The first-order valence-electron chi connectivity index (χ1n) is 12.9. The third kappa shape index (κ3) is 5.98. The highest BCUT2D eigenvalue weighted by Crippen LogP contribution is 2.37. The maximum absolute atomic E-state index is 14.2. The summed E-state index contributed by atoms with van der Waals surface area (Å²) in [5.74, 6) is 0.720. The van der Waals surface area contributed by atoms with Gasteiger partial charge in [-0.2, -0.15) is 20.0 Å². The summed E-state index contributed by atoms with van der Waals surface area (Å²) in [4.78, 5) is 11.0. The fourth-order valence-electron chi connectivity index (χ4n) is 4.49. The number of nitrogens with one attached hydrogen (secondary N) is 3. The van der Waals surface area contributed by atoms with Gasteiger partial charge in [0.15, 0.2) is 17.2 Å². The Hall–Kier alpha value is -3.71. The molecule has 0 radical (unpaired) electrons. The summed E-state index contributed by atoms with van der Waals surface area (Å²) in [6.07, 6.45) is 3.65. The van der Waals surface area contributed by atoms with E-state index in [2.05, 4.69) is 48.1 Å². The van der Waals surface area contributed by atoms with Crippen LogP contribution in [0.5, 0.6) is 0 Å². The molecule has 1 saturated carbocycles. The van der Waals surface area contributed by atoms with Gasteiger partial charge in [-0.3, -0.25) is 0 Å². The van der Waals surface area contributed by atoms with E-state index in [1.54, 1.807) is 12.1 Å². The number of hydrogen-bond donors (Lipinski definition) is 4. The van der Waals surface area contributed by atoms with Gasteiger partial charge in [0.25, 0.3) is 0 Å². The van der Waals surface area contributed by atoms with Gasteiger partial charge in [-0.05, 0) is 51.7 Å². The SMILES string of the molecule is CC(C)(O)[C@H](F)CNC1CCN(c2cc(C#N)cc(Nc3nc(NC4CC4)c4ncc(C#N)n4n3)c2Cl)CC1. The Kier molecular flexibility index (Phi) is 7.45. The molecule has 1 atom stereocenters. The van der Waals surface area contributed by atoms with Gasteiger partial charge in [0.05, 0.1) is 39.8 Å². The molecule has 0 unspecified atom stereocenters. The number of halogens is 2. The lowest BCUT2D eigenvalue weighted by atomic mass is 10.0. The fourth-order valence-corrected chi connectivity index (χ4v) is 4.76. The molecule has 204 valence electrons. The van der Waals surface area contributed by atoms with Crippen molar-refractivity contribution in [1.29, 1.82) is 10.5 Å². The van der Waals surface area contributed by atoms with E-state index in [4.69, 9.17) is 11.6 Å². The first-order chi connectivity index (χ1) is 18.7. The molecule has 1 aromatic carbocycles. The van der Waals surface area contributed by atoms with Crippen LogP contribution >= 0.6 is 11.6 Å². The number of anilines is 4. The van der Waals surface area contributed by atoms with Crippen LogP contribution in [-0.2, 0) is 0 Å². The van der Waals surface area contributed by atoms with E-state index in [9.17, 15) is 20.0 Å². The zero-order valence-corrected chi connectivity index (χ0v) is 22.5. The summed E-state index contributed by atoms with van der Waals surface area (Å²) in [5.41, 5.74) is 0.922. The maximum atomic E-state index is 14.2. The van der Waals surface area contributed by atoms with Crippen molar-refractivity contribution < 1.29 is 9.50 Å². The van der Waals surface area contributed by atoms with Crippen molar-refractivity contribution in [1.82, 2.24) is 24.9 Å². The molecule has 1 aliphatic carbocycles. The van der Waals surface area contributed by atoms with E-state index >= 15 is 0 Å². The molecule has 0 bridgehead atoms. The lowest BCUT2D eigenvalue weighted by Crippen LogP contribution is -2.47. The van der Waals surface area contributed by atoms with E-state index < -0.39 is 11.8 Å². The van der Waals surface area contributed by atoms with Crippen molar-refractivity contribution in [2.45, 2.75) is 63.4 Å². The Bertz CT molecular complexity index is 1440. The summed E-state index contributed by atoms with van der Waals surface area (Å²) in [7, 11) is 0. The third-order valence-corrected chi connectivity index (χ3v) is 7.41. The summed E-state index contributed by atoms with van der Waals surface area (Å²) < 4.78 is 15.6. The molecular weight excluding hydrogens is 523 g/mol. The molecule has 3 aromatic rings. The van der Waals surface area contributed by atoms with Gasteiger partial charge in [0, 0.05) is 31.7 Å². The molecule has 1 aliphatic heterocycles. The summed E-state index contributed by atoms with van der Waals surface area (Å²) in [6, 6.07) is 8.08. The van der Waals surface area contributed by atoms with Crippen molar-refractivity contribution in [2.24, 2.45) is 0 Å². The molecule has 39 heavy (non-hydrogen) atoms. The first-order valence-corrected chi connectivity index (χ1v) is 13.3. The highest BCUT2D eigenvalue weighted by molar-refractivity contribution is 6.36. The second-order valence-electron chi connectivity index (χ2n) is 10.6. The number of hydrogen-bond acceptors (Lipinski definition) is 10. The standard InChI is InChI=1S/C26H30ClFN10O/c1-26(2,39)21(28)14-31-16-5-7-37(8-6-16)20-10-15(11-29)9-19(22(20)27)34-25-35-23(33-17-3-4-17)24-32-13-18(12-30)38(24)36-25/h9-10,13,16-17,21,31,39H,3-8,14H2,1-2H3,(H2,33,34,35,36)/t21-/m1/s1. The van der Waals surface area contributed by atoms with Crippen molar-refractivity contribution in [3.05, 3.63) is 34.6 Å². The molecule has 2 fully saturated rings. The van der Waals surface area contributed by atoms with Crippen molar-refractivity contribution in [2.75, 3.05) is 35.2 Å². The van der Waals surface area contributed by atoms with Gasteiger partial charge >= 0.3 is 0 Å². The first kappa shape index (κ1) is 26.9. The van der Waals surface area contributed by atoms with Crippen molar-refractivity contribution in [3.8, 4) is 12.1 Å². The number of aromatic nitrogens is 4. The van der Waals surface area contributed by atoms with Crippen LogP contribution in [0.4, 0.5) is 27.5 Å². The Morgan fingerprint density at radius 3 is 2.56 bits per heavy atom. The lowest BCUT2D eigenvalue weighted by Gasteiger charge is -2.35. The number of piperidine rings is 1. The number of imidazole rings is 1. The van der Waals surface area contributed by atoms with Crippen LogP contribution in [0.3, 0.4) is 0 Å². The molecule has 4 N–H and O–H groups in total.